The summed E-state index contributed by atoms with van der Waals surface area (Å²) in [6.07, 6.45) is 6.69. The molecule has 0 unspecified atom stereocenters. The van der Waals surface area contributed by atoms with Crippen LogP contribution in [0.4, 0.5) is 5.82 Å². The highest BCUT2D eigenvalue weighted by molar-refractivity contribution is 6.30. The van der Waals surface area contributed by atoms with Gasteiger partial charge in [-0.05, 0) is 43.2 Å². The minimum Gasteiger partial charge on any atom is -0.504 e. The summed E-state index contributed by atoms with van der Waals surface area (Å²) in [7, 11) is 1.54. The zero-order valence-corrected chi connectivity index (χ0v) is 14.8. The molecule has 1 aliphatic carbocycles. The Morgan fingerprint density at radius 1 is 1.24 bits per heavy atom. The Bertz CT molecular complexity index is 916. The van der Waals surface area contributed by atoms with Gasteiger partial charge in [0.2, 0.25) is 0 Å². The van der Waals surface area contributed by atoms with Gasteiger partial charge in [0.1, 0.15) is 17.2 Å². The van der Waals surface area contributed by atoms with Crippen molar-refractivity contribution in [3.8, 4) is 22.8 Å². The van der Waals surface area contributed by atoms with Gasteiger partial charge < -0.3 is 15.2 Å². The van der Waals surface area contributed by atoms with Gasteiger partial charge in [0.15, 0.2) is 11.5 Å². The van der Waals surface area contributed by atoms with E-state index in [1.807, 2.05) is 28.8 Å². The van der Waals surface area contributed by atoms with Crippen LogP contribution in [0.25, 0.3) is 16.9 Å². The highest BCUT2D eigenvalue weighted by Gasteiger charge is 2.21. The molecule has 4 rings (SSSR count). The Kier molecular flexibility index (Phi) is 4.17. The Morgan fingerprint density at radius 3 is 2.80 bits per heavy atom. The summed E-state index contributed by atoms with van der Waals surface area (Å²) in [5.41, 5.74) is 2.54. The van der Waals surface area contributed by atoms with Crippen molar-refractivity contribution >= 4 is 23.1 Å². The van der Waals surface area contributed by atoms with Crippen molar-refractivity contribution in [2.75, 3.05) is 12.4 Å². The number of ether oxygens (including phenoxy) is 1. The van der Waals surface area contributed by atoms with E-state index >= 15 is 0 Å². The first kappa shape index (κ1) is 16.1. The quantitative estimate of drug-likeness (QED) is 0.709. The maximum atomic E-state index is 9.87. The molecule has 0 saturated heterocycles. The number of halogens is 1. The summed E-state index contributed by atoms with van der Waals surface area (Å²) in [6, 6.07) is 9.47. The molecule has 6 heteroatoms. The molecule has 0 atom stereocenters. The summed E-state index contributed by atoms with van der Waals surface area (Å²) >= 11 is 6.20. The predicted molar refractivity (Wildman–Crippen MR) is 99.7 cm³/mol. The van der Waals surface area contributed by atoms with Crippen LogP contribution in [0.3, 0.4) is 0 Å². The van der Waals surface area contributed by atoms with E-state index in [0.29, 0.717) is 16.8 Å². The fraction of sp³-hybridized carbons (Fsp3) is 0.316. The molecular weight excluding hydrogens is 338 g/mol. The van der Waals surface area contributed by atoms with E-state index in [0.717, 1.165) is 35.6 Å². The van der Waals surface area contributed by atoms with Gasteiger partial charge in [-0.15, -0.1) is 0 Å². The first-order chi connectivity index (χ1) is 12.2. The third-order valence-electron chi connectivity index (χ3n) is 4.73. The van der Waals surface area contributed by atoms with Crippen LogP contribution >= 0.6 is 11.6 Å². The third-order valence-corrected chi connectivity index (χ3v) is 4.96. The molecule has 1 aliphatic rings. The number of aromatic nitrogens is 2. The number of phenols is 1. The molecule has 0 bridgehead atoms. The van der Waals surface area contributed by atoms with Crippen molar-refractivity contribution in [3.05, 3.63) is 41.6 Å². The summed E-state index contributed by atoms with van der Waals surface area (Å²) < 4.78 is 7.24. The number of nitrogens with one attached hydrogen (secondary N) is 1. The summed E-state index contributed by atoms with van der Waals surface area (Å²) in [4.78, 5) is 4.78. The zero-order chi connectivity index (χ0) is 17.4. The molecule has 2 aromatic heterocycles. The number of imidazole rings is 1. The Labute approximate surface area is 151 Å². The van der Waals surface area contributed by atoms with Crippen LogP contribution < -0.4 is 10.1 Å². The average Bonchev–Trinajstić information content (AvgIpc) is 3.24. The lowest BCUT2D eigenvalue weighted by molar-refractivity contribution is 0.373. The lowest BCUT2D eigenvalue weighted by atomic mass is 10.1. The van der Waals surface area contributed by atoms with E-state index in [2.05, 4.69) is 5.32 Å². The smallest absolute Gasteiger partial charge is 0.161 e. The summed E-state index contributed by atoms with van der Waals surface area (Å²) in [5.74, 6) is 1.47. The molecule has 5 nitrogen and oxygen atoms in total. The van der Waals surface area contributed by atoms with Crippen molar-refractivity contribution in [2.24, 2.45) is 0 Å². The first-order valence-corrected chi connectivity index (χ1v) is 8.85. The molecule has 3 aromatic rings. The highest BCUT2D eigenvalue weighted by atomic mass is 35.5. The monoisotopic (exact) mass is 357 g/mol. The van der Waals surface area contributed by atoms with E-state index < -0.39 is 0 Å². The van der Waals surface area contributed by atoms with E-state index in [1.165, 1.54) is 12.8 Å². The largest absolute Gasteiger partial charge is 0.504 e. The average molecular weight is 358 g/mol. The maximum Gasteiger partial charge on any atom is 0.161 e. The lowest BCUT2D eigenvalue weighted by Crippen LogP contribution is -2.16. The number of aromatic hydroxyl groups is 1. The molecule has 2 N–H and O–H groups in total. The number of fused-ring (bicyclic) bond motifs is 1. The Morgan fingerprint density at radius 2 is 2.04 bits per heavy atom. The van der Waals surface area contributed by atoms with Crippen LogP contribution in [0.1, 0.15) is 25.7 Å². The molecule has 0 aliphatic heterocycles. The number of hydrogen-bond donors (Lipinski definition) is 2. The van der Waals surface area contributed by atoms with Gasteiger partial charge in [-0.25, -0.2) is 4.98 Å². The normalized spacial score (nSPS) is 15.0. The fourth-order valence-corrected chi connectivity index (χ4v) is 3.61. The van der Waals surface area contributed by atoms with Gasteiger partial charge in [-0.2, -0.15) is 0 Å². The number of methoxy groups -OCH3 is 1. The third kappa shape index (κ3) is 3.00. The number of rotatable bonds is 4. The van der Waals surface area contributed by atoms with Crippen molar-refractivity contribution in [2.45, 2.75) is 31.7 Å². The Hall–Kier alpha value is -2.40. The standard InChI is InChI=1S/C19H20ClN3O2/c1-25-16-10-12(6-8-15(16)24)18-19(21-14-4-2-3-5-14)23-11-13(20)7-9-17(23)22-18/h6-11,14,21,24H,2-5H2,1H3. The molecule has 1 aromatic carbocycles. The topological polar surface area (TPSA) is 58.8 Å². The van der Waals surface area contributed by atoms with Crippen LogP contribution in [0, 0.1) is 0 Å². The predicted octanol–water partition coefficient (Wildman–Crippen LogP) is 4.72. The number of anilines is 1. The lowest BCUT2D eigenvalue weighted by Gasteiger charge is -2.15. The van der Waals surface area contributed by atoms with E-state index in [4.69, 9.17) is 21.3 Å². The van der Waals surface area contributed by atoms with Crippen LogP contribution in [0.15, 0.2) is 36.5 Å². The second kappa shape index (κ2) is 6.48. The van der Waals surface area contributed by atoms with Gasteiger partial charge in [-0.3, -0.25) is 4.40 Å². The highest BCUT2D eigenvalue weighted by Crippen LogP contribution is 2.36. The molecule has 1 saturated carbocycles. The van der Waals surface area contributed by atoms with Crippen molar-refractivity contribution < 1.29 is 9.84 Å². The van der Waals surface area contributed by atoms with Crippen LogP contribution in [0.5, 0.6) is 11.5 Å². The number of hydrogen-bond acceptors (Lipinski definition) is 4. The van der Waals surface area contributed by atoms with E-state index in [1.54, 1.807) is 19.2 Å². The van der Waals surface area contributed by atoms with Crippen LogP contribution in [-0.4, -0.2) is 27.6 Å². The molecule has 130 valence electrons. The summed E-state index contributed by atoms with van der Waals surface area (Å²) in [6.45, 7) is 0. The van der Waals surface area contributed by atoms with E-state index in [9.17, 15) is 5.11 Å². The van der Waals surface area contributed by atoms with Gasteiger partial charge in [0.05, 0.1) is 12.1 Å². The SMILES string of the molecule is COc1cc(-c2nc3ccc(Cl)cn3c2NC2CCCC2)ccc1O. The van der Waals surface area contributed by atoms with Gasteiger partial charge >= 0.3 is 0 Å². The van der Waals surface area contributed by atoms with Crippen LogP contribution in [0.2, 0.25) is 5.02 Å². The molecule has 1 fully saturated rings. The van der Waals surface area contributed by atoms with Gasteiger partial charge in [0, 0.05) is 17.8 Å². The van der Waals surface area contributed by atoms with Crippen LogP contribution in [-0.2, 0) is 0 Å². The second-order valence-electron chi connectivity index (χ2n) is 6.40. The van der Waals surface area contributed by atoms with Crippen molar-refractivity contribution in [1.82, 2.24) is 9.38 Å². The number of benzene rings is 1. The number of nitrogens with zero attached hydrogens (tertiary/aromatic N) is 2. The molecule has 0 spiro atoms. The first-order valence-electron chi connectivity index (χ1n) is 8.47. The minimum atomic E-state index is 0.114. The molecule has 0 amide bonds. The fourth-order valence-electron chi connectivity index (χ4n) is 3.45. The molecular formula is C19H20ClN3O2. The van der Waals surface area contributed by atoms with Gasteiger partial charge in [0.25, 0.3) is 0 Å². The molecule has 0 radical (unpaired) electrons. The minimum absolute atomic E-state index is 0.114. The zero-order valence-electron chi connectivity index (χ0n) is 14.0. The van der Waals surface area contributed by atoms with E-state index in [-0.39, 0.29) is 5.75 Å². The number of pyridine rings is 1. The van der Waals surface area contributed by atoms with Crippen molar-refractivity contribution in [3.63, 3.8) is 0 Å². The Balaban J connectivity index is 1.86. The molecule has 25 heavy (non-hydrogen) atoms. The second-order valence-corrected chi connectivity index (χ2v) is 6.83. The van der Waals surface area contributed by atoms with Gasteiger partial charge in [-0.1, -0.05) is 24.4 Å². The van der Waals surface area contributed by atoms with Crippen molar-refractivity contribution in [1.29, 1.82) is 0 Å². The maximum absolute atomic E-state index is 9.87. The molecule has 2 heterocycles. The number of phenolic OH excluding ortho intramolecular Hbond substituents is 1. The summed E-state index contributed by atoms with van der Waals surface area (Å²) in [5, 5.41) is 14.2.